The molecule has 1 aliphatic heterocycles. The Morgan fingerprint density at radius 2 is 2.00 bits per heavy atom. The number of hydrogen-bond acceptors (Lipinski definition) is 6. The van der Waals surface area contributed by atoms with E-state index in [2.05, 4.69) is 20.4 Å². The van der Waals surface area contributed by atoms with Crippen LogP contribution in [0.1, 0.15) is 24.3 Å². The Hall–Kier alpha value is -2.90. The lowest BCUT2D eigenvalue weighted by Crippen LogP contribution is -2.42. The Balaban J connectivity index is 1.30. The number of nitrogens with zero attached hydrogens (tertiary/aromatic N) is 3. The summed E-state index contributed by atoms with van der Waals surface area (Å²) in [6, 6.07) is 15.0. The molecule has 2 heterocycles. The van der Waals surface area contributed by atoms with E-state index in [0.717, 1.165) is 36.3 Å². The lowest BCUT2D eigenvalue weighted by molar-refractivity contribution is -0.127. The summed E-state index contributed by atoms with van der Waals surface area (Å²) in [6.45, 7) is 2.61. The van der Waals surface area contributed by atoms with E-state index in [1.165, 1.54) is 0 Å². The van der Waals surface area contributed by atoms with Gasteiger partial charge in [0.2, 0.25) is 17.6 Å². The van der Waals surface area contributed by atoms with Crippen LogP contribution in [0.15, 0.2) is 53.1 Å². The highest BCUT2D eigenvalue weighted by Crippen LogP contribution is 2.22. The van der Waals surface area contributed by atoms with Crippen molar-refractivity contribution < 1.29 is 14.1 Å². The fraction of sp³-hybridized carbons (Fsp3) is 0.348. The van der Waals surface area contributed by atoms with Gasteiger partial charge in [0.1, 0.15) is 5.75 Å². The zero-order valence-corrected chi connectivity index (χ0v) is 18.1. The Bertz CT molecular complexity index is 1000. The van der Waals surface area contributed by atoms with Crippen LogP contribution in [0.4, 0.5) is 0 Å². The number of piperidine rings is 1. The van der Waals surface area contributed by atoms with Crippen molar-refractivity contribution >= 4 is 17.5 Å². The largest absolute Gasteiger partial charge is 0.497 e. The zero-order chi connectivity index (χ0) is 21.6. The zero-order valence-electron chi connectivity index (χ0n) is 17.4. The van der Waals surface area contributed by atoms with E-state index in [-0.39, 0.29) is 11.8 Å². The maximum absolute atomic E-state index is 12.7. The van der Waals surface area contributed by atoms with Crippen molar-refractivity contribution in [2.24, 2.45) is 5.92 Å². The minimum atomic E-state index is -0.0509. The molecule has 0 bridgehead atoms. The van der Waals surface area contributed by atoms with Crippen molar-refractivity contribution in [3.05, 3.63) is 65.0 Å². The second-order valence-corrected chi connectivity index (χ2v) is 8.10. The van der Waals surface area contributed by atoms with Crippen LogP contribution in [0.25, 0.3) is 11.4 Å². The van der Waals surface area contributed by atoms with E-state index in [0.29, 0.717) is 36.4 Å². The van der Waals surface area contributed by atoms with Crippen LogP contribution in [-0.2, 0) is 17.9 Å². The fourth-order valence-corrected chi connectivity index (χ4v) is 3.84. The summed E-state index contributed by atoms with van der Waals surface area (Å²) in [6.07, 6.45) is 1.84. The molecule has 1 fully saturated rings. The number of halogens is 1. The predicted molar refractivity (Wildman–Crippen MR) is 118 cm³/mol. The third-order valence-corrected chi connectivity index (χ3v) is 5.68. The van der Waals surface area contributed by atoms with E-state index in [9.17, 15) is 4.79 Å². The van der Waals surface area contributed by atoms with Crippen LogP contribution < -0.4 is 10.1 Å². The van der Waals surface area contributed by atoms with Crippen LogP contribution in [0.5, 0.6) is 5.75 Å². The summed E-state index contributed by atoms with van der Waals surface area (Å²) >= 11 is 5.91. The minimum Gasteiger partial charge on any atom is -0.497 e. The van der Waals surface area contributed by atoms with Crippen molar-refractivity contribution in [3.8, 4) is 17.1 Å². The molecule has 162 valence electrons. The van der Waals surface area contributed by atoms with Gasteiger partial charge in [0.25, 0.3) is 0 Å². The molecule has 8 heteroatoms. The van der Waals surface area contributed by atoms with Gasteiger partial charge >= 0.3 is 0 Å². The van der Waals surface area contributed by atoms with E-state index in [1.54, 1.807) is 7.11 Å². The molecule has 0 radical (unpaired) electrons. The second-order valence-electron chi connectivity index (χ2n) is 7.66. The quantitative estimate of drug-likeness (QED) is 0.599. The molecule has 0 aliphatic carbocycles. The van der Waals surface area contributed by atoms with Gasteiger partial charge in [-0.15, -0.1) is 0 Å². The molecule has 3 aromatic rings. The Labute approximate surface area is 186 Å². The molecule has 1 saturated heterocycles. The first-order valence-corrected chi connectivity index (χ1v) is 10.7. The molecule has 4 rings (SSSR count). The van der Waals surface area contributed by atoms with Crippen LogP contribution in [0.3, 0.4) is 0 Å². The van der Waals surface area contributed by atoms with Gasteiger partial charge in [0, 0.05) is 23.7 Å². The predicted octanol–water partition coefficient (Wildman–Crippen LogP) is 3.93. The monoisotopic (exact) mass is 440 g/mol. The molecule has 1 amide bonds. The summed E-state index contributed by atoms with van der Waals surface area (Å²) in [5, 5.41) is 7.81. The van der Waals surface area contributed by atoms with Gasteiger partial charge in [0.15, 0.2) is 0 Å². The highest BCUT2D eigenvalue weighted by atomic mass is 35.5. The first-order chi connectivity index (χ1) is 15.1. The molecule has 0 saturated carbocycles. The SMILES string of the molecule is COc1ccc(-c2noc(CN3CCCC(C(=O)NCc4ccc(Cl)cc4)C3)n2)cc1. The van der Waals surface area contributed by atoms with Crippen molar-refractivity contribution in [1.29, 1.82) is 0 Å². The Morgan fingerprint density at radius 3 is 2.74 bits per heavy atom. The molecule has 1 aromatic heterocycles. The average molecular weight is 441 g/mol. The summed E-state index contributed by atoms with van der Waals surface area (Å²) in [7, 11) is 1.63. The summed E-state index contributed by atoms with van der Waals surface area (Å²) in [5.41, 5.74) is 1.90. The highest BCUT2D eigenvalue weighted by molar-refractivity contribution is 6.30. The summed E-state index contributed by atoms with van der Waals surface area (Å²) in [5.74, 6) is 1.90. The molecule has 2 aromatic carbocycles. The van der Waals surface area contributed by atoms with Gasteiger partial charge in [-0.05, 0) is 61.3 Å². The molecule has 1 N–H and O–H groups in total. The maximum Gasteiger partial charge on any atom is 0.241 e. The molecule has 1 aliphatic rings. The fourth-order valence-electron chi connectivity index (χ4n) is 3.72. The Kier molecular flexibility index (Phi) is 6.84. The minimum absolute atomic E-state index is 0.0509. The van der Waals surface area contributed by atoms with Crippen molar-refractivity contribution in [1.82, 2.24) is 20.4 Å². The number of benzene rings is 2. The summed E-state index contributed by atoms with van der Waals surface area (Å²) in [4.78, 5) is 19.4. The van der Waals surface area contributed by atoms with Crippen LogP contribution >= 0.6 is 11.6 Å². The smallest absolute Gasteiger partial charge is 0.241 e. The molecule has 1 unspecified atom stereocenters. The normalized spacial score (nSPS) is 16.8. The number of rotatable bonds is 7. The number of nitrogens with one attached hydrogen (secondary N) is 1. The maximum atomic E-state index is 12.7. The Morgan fingerprint density at radius 1 is 1.23 bits per heavy atom. The standard InChI is InChI=1S/C23H25ClN4O3/c1-30-20-10-6-17(7-11-20)22-26-21(31-27-22)15-28-12-2-3-18(14-28)23(29)25-13-16-4-8-19(24)9-5-16/h4-11,18H,2-3,12-15H2,1H3,(H,25,29). The van der Waals surface area contributed by atoms with E-state index in [4.69, 9.17) is 20.9 Å². The first kappa shape index (κ1) is 21.3. The number of carbonyl (C=O) groups is 1. The lowest BCUT2D eigenvalue weighted by atomic mass is 9.97. The number of carbonyl (C=O) groups excluding carboxylic acids is 1. The third kappa shape index (κ3) is 5.62. The number of likely N-dealkylation sites (tertiary alicyclic amines) is 1. The topological polar surface area (TPSA) is 80.5 Å². The van der Waals surface area contributed by atoms with Crippen molar-refractivity contribution in [2.75, 3.05) is 20.2 Å². The third-order valence-electron chi connectivity index (χ3n) is 5.43. The van der Waals surface area contributed by atoms with Crippen molar-refractivity contribution in [3.63, 3.8) is 0 Å². The molecule has 7 nitrogen and oxygen atoms in total. The van der Waals surface area contributed by atoms with Gasteiger partial charge < -0.3 is 14.6 Å². The first-order valence-electron chi connectivity index (χ1n) is 10.3. The average Bonchev–Trinajstić information content (AvgIpc) is 3.27. The number of amides is 1. The number of aromatic nitrogens is 2. The second kappa shape index (κ2) is 9.94. The van der Waals surface area contributed by atoms with Crippen LogP contribution in [-0.4, -0.2) is 41.1 Å². The van der Waals surface area contributed by atoms with Crippen LogP contribution in [0.2, 0.25) is 5.02 Å². The van der Waals surface area contributed by atoms with E-state index >= 15 is 0 Å². The van der Waals surface area contributed by atoms with Gasteiger partial charge in [-0.25, -0.2) is 0 Å². The van der Waals surface area contributed by atoms with Gasteiger partial charge in [-0.1, -0.05) is 28.9 Å². The number of ether oxygens (including phenoxy) is 1. The molecular weight excluding hydrogens is 416 g/mol. The van der Waals surface area contributed by atoms with Gasteiger partial charge in [-0.3, -0.25) is 9.69 Å². The van der Waals surface area contributed by atoms with Crippen LogP contribution in [0, 0.1) is 5.92 Å². The van der Waals surface area contributed by atoms with E-state index in [1.807, 2.05) is 48.5 Å². The summed E-state index contributed by atoms with van der Waals surface area (Å²) < 4.78 is 10.6. The van der Waals surface area contributed by atoms with Gasteiger partial charge in [-0.2, -0.15) is 4.98 Å². The van der Waals surface area contributed by atoms with Gasteiger partial charge in [0.05, 0.1) is 19.6 Å². The van der Waals surface area contributed by atoms with Crippen molar-refractivity contribution in [2.45, 2.75) is 25.9 Å². The number of methoxy groups -OCH3 is 1. The molecule has 31 heavy (non-hydrogen) atoms. The molecular formula is C23H25ClN4O3. The molecule has 0 spiro atoms. The highest BCUT2D eigenvalue weighted by Gasteiger charge is 2.26. The number of hydrogen-bond donors (Lipinski definition) is 1. The van der Waals surface area contributed by atoms with E-state index < -0.39 is 0 Å². The molecule has 1 atom stereocenters. The lowest BCUT2D eigenvalue weighted by Gasteiger charge is -2.30.